The van der Waals surface area contributed by atoms with Crippen LogP contribution in [0.2, 0.25) is 0 Å². The van der Waals surface area contributed by atoms with Crippen LogP contribution in [0.4, 0.5) is 0 Å². The fourth-order valence-electron chi connectivity index (χ4n) is 2.36. The lowest BCUT2D eigenvalue weighted by atomic mass is 10.1. The van der Waals surface area contributed by atoms with Crippen LogP contribution in [0.1, 0.15) is 24.1 Å². The van der Waals surface area contributed by atoms with Gasteiger partial charge in [-0.3, -0.25) is 19.5 Å². The van der Waals surface area contributed by atoms with Crippen molar-refractivity contribution in [1.82, 2.24) is 14.7 Å². The fraction of sp³-hybridized carbons (Fsp3) is 0.700. The summed E-state index contributed by atoms with van der Waals surface area (Å²) in [6, 6.07) is 0.799. The molecule has 3 rings (SSSR count). The van der Waals surface area contributed by atoms with Crippen LogP contribution in [0.25, 0.3) is 0 Å². The lowest BCUT2D eigenvalue weighted by molar-refractivity contribution is 0.236. The van der Waals surface area contributed by atoms with Crippen molar-refractivity contribution in [2.45, 2.75) is 31.8 Å². The molecule has 0 spiro atoms. The van der Waals surface area contributed by atoms with E-state index in [2.05, 4.69) is 10.00 Å². The summed E-state index contributed by atoms with van der Waals surface area (Å²) in [5, 5.41) is 2.83. The number of nitrogens with one attached hydrogen (secondary N) is 1. The van der Waals surface area contributed by atoms with E-state index >= 15 is 0 Å². The van der Waals surface area contributed by atoms with E-state index in [1.165, 1.54) is 18.5 Å². The van der Waals surface area contributed by atoms with Crippen LogP contribution in [0.15, 0.2) is 4.79 Å². The second-order valence-electron chi connectivity index (χ2n) is 4.38. The van der Waals surface area contributed by atoms with E-state index < -0.39 is 0 Å². The molecule has 14 heavy (non-hydrogen) atoms. The summed E-state index contributed by atoms with van der Waals surface area (Å²) >= 11 is 0. The molecule has 0 aromatic carbocycles. The molecule has 76 valence electrons. The van der Waals surface area contributed by atoms with E-state index in [9.17, 15) is 4.79 Å². The first-order valence-electron chi connectivity index (χ1n) is 5.26. The number of aromatic amines is 1. The van der Waals surface area contributed by atoms with Crippen molar-refractivity contribution in [2.75, 3.05) is 6.54 Å². The molecule has 0 unspecified atom stereocenters. The minimum Gasteiger partial charge on any atom is -0.294 e. The van der Waals surface area contributed by atoms with Crippen LogP contribution in [0.3, 0.4) is 0 Å². The second kappa shape index (κ2) is 2.73. The Bertz CT molecular complexity index is 413. The molecule has 1 aliphatic heterocycles. The lowest BCUT2D eigenvalue weighted by Gasteiger charge is -2.26. The standard InChI is InChI=1S/C10H15N3O/c1-12-9-6-13(7-2-3-7)5-4-8(9)10(14)11-12/h7H,2-6H2,1H3,(H,11,14). The number of hydrogen-bond acceptors (Lipinski definition) is 2. The maximum Gasteiger partial charge on any atom is 0.267 e. The zero-order valence-electron chi connectivity index (χ0n) is 8.42. The zero-order chi connectivity index (χ0) is 9.71. The molecule has 2 heterocycles. The predicted molar refractivity (Wildman–Crippen MR) is 53.2 cm³/mol. The molecule has 1 saturated carbocycles. The van der Waals surface area contributed by atoms with E-state index in [4.69, 9.17) is 0 Å². The normalized spacial score (nSPS) is 22.4. The number of aromatic nitrogens is 2. The molecule has 1 aromatic heterocycles. The maximum absolute atomic E-state index is 11.5. The van der Waals surface area contributed by atoms with Gasteiger partial charge in [0.25, 0.3) is 5.56 Å². The highest BCUT2D eigenvalue weighted by atomic mass is 16.1. The Morgan fingerprint density at radius 1 is 1.43 bits per heavy atom. The van der Waals surface area contributed by atoms with Gasteiger partial charge < -0.3 is 0 Å². The first-order valence-corrected chi connectivity index (χ1v) is 5.26. The Kier molecular flexibility index (Phi) is 1.62. The van der Waals surface area contributed by atoms with Crippen molar-refractivity contribution in [1.29, 1.82) is 0 Å². The molecule has 0 bridgehead atoms. The molecule has 0 radical (unpaired) electrons. The van der Waals surface area contributed by atoms with Gasteiger partial charge in [0.15, 0.2) is 0 Å². The molecule has 1 aliphatic carbocycles. The van der Waals surface area contributed by atoms with Gasteiger partial charge in [-0.2, -0.15) is 0 Å². The Hall–Kier alpha value is -1.03. The summed E-state index contributed by atoms with van der Waals surface area (Å²) in [5.41, 5.74) is 2.30. The van der Waals surface area contributed by atoms with Gasteiger partial charge in [0, 0.05) is 31.7 Å². The number of rotatable bonds is 1. The van der Waals surface area contributed by atoms with E-state index in [0.29, 0.717) is 0 Å². The van der Waals surface area contributed by atoms with E-state index in [-0.39, 0.29) is 5.56 Å². The van der Waals surface area contributed by atoms with Crippen LogP contribution in [-0.2, 0) is 20.0 Å². The Balaban J connectivity index is 1.96. The van der Waals surface area contributed by atoms with Gasteiger partial charge in [-0.05, 0) is 19.3 Å². The topological polar surface area (TPSA) is 41.0 Å². The highest BCUT2D eigenvalue weighted by Gasteiger charge is 2.32. The van der Waals surface area contributed by atoms with Crippen molar-refractivity contribution in [3.8, 4) is 0 Å². The Labute approximate surface area is 82.5 Å². The third-order valence-corrected chi connectivity index (χ3v) is 3.36. The van der Waals surface area contributed by atoms with Crippen LogP contribution in [0, 0.1) is 0 Å². The van der Waals surface area contributed by atoms with Crippen LogP contribution < -0.4 is 5.56 Å². The van der Waals surface area contributed by atoms with Gasteiger partial charge in [-0.25, -0.2) is 0 Å². The van der Waals surface area contributed by atoms with Crippen molar-refractivity contribution < 1.29 is 0 Å². The third-order valence-electron chi connectivity index (χ3n) is 3.36. The van der Waals surface area contributed by atoms with Crippen LogP contribution >= 0.6 is 0 Å². The monoisotopic (exact) mass is 193 g/mol. The quantitative estimate of drug-likeness (QED) is 0.694. The number of hydrogen-bond donors (Lipinski definition) is 1. The number of nitrogens with zero attached hydrogens (tertiary/aromatic N) is 2. The van der Waals surface area contributed by atoms with Crippen LogP contribution in [-0.4, -0.2) is 27.3 Å². The average molecular weight is 193 g/mol. The zero-order valence-corrected chi connectivity index (χ0v) is 8.42. The summed E-state index contributed by atoms with van der Waals surface area (Å²) in [6.07, 6.45) is 3.60. The summed E-state index contributed by atoms with van der Waals surface area (Å²) < 4.78 is 1.88. The third kappa shape index (κ3) is 1.14. The maximum atomic E-state index is 11.5. The van der Waals surface area contributed by atoms with Gasteiger partial charge in [-0.15, -0.1) is 0 Å². The number of aryl methyl sites for hydroxylation is 1. The average Bonchev–Trinajstić information content (AvgIpc) is 2.96. The molecular weight excluding hydrogens is 178 g/mol. The van der Waals surface area contributed by atoms with Crippen molar-refractivity contribution >= 4 is 0 Å². The molecule has 2 aliphatic rings. The molecule has 4 heteroatoms. The number of fused-ring (bicyclic) bond motifs is 1. The molecule has 1 aromatic rings. The minimum absolute atomic E-state index is 0.109. The summed E-state index contributed by atoms with van der Waals surface area (Å²) in [4.78, 5) is 14.0. The first-order chi connectivity index (χ1) is 6.75. The van der Waals surface area contributed by atoms with Gasteiger partial charge in [0.1, 0.15) is 0 Å². The predicted octanol–water partition coefficient (Wildman–Crippen LogP) is 0.234. The van der Waals surface area contributed by atoms with Gasteiger partial charge in [0.05, 0.1) is 5.69 Å². The van der Waals surface area contributed by atoms with E-state index in [1.807, 2.05) is 11.7 Å². The fourth-order valence-corrected chi connectivity index (χ4v) is 2.36. The van der Waals surface area contributed by atoms with Gasteiger partial charge in [-0.1, -0.05) is 0 Å². The molecule has 4 nitrogen and oxygen atoms in total. The largest absolute Gasteiger partial charge is 0.294 e. The molecule has 0 saturated heterocycles. The number of H-pyrrole nitrogens is 1. The molecule has 0 amide bonds. The SMILES string of the molecule is Cn1[nH]c(=O)c2c1CN(C1CC1)CC2. The van der Waals surface area contributed by atoms with E-state index in [0.717, 1.165) is 31.1 Å². The van der Waals surface area contributed by atoms with Crippen molar-refractivity contribution in [3.05, 3.63) is 21.6 Å². The smallest absolute Gasteiger partial charge is 0.267 e. The first kappa shape index (κ1) is 8.29. The molecule has 0 atom stereocenters. The highest BCUT2D eigenvalue weighted by Crippen LogP contribution is 2.30. The van der Waals surface area contributed by atoms with Gasteiger partial charge >= 0.3 is 0 Å². The lowest BCUT2D eigenvalue weighted by Crippen LogP contribution is -2.34. The second-order valence-corrected chi connectivity index (χ2v) is 4.38. The van der Waals surface area contributed by atoms with Crippen molar-refractivity contribution in [2.24, 2.45) is 7.05 Å². The Morgan fingerprint density at radius 3 is 2.93 bits per heavy atom. The molecule has 1 fully saturated rings. The molecule has 1 N–H and O–H groups in total. The Morgan fingerprint density at radius 2 is 2.21 bits per heavy atom. The van der Waals surface area contributed by atoms with Crippen molar-refractivity contribution in [3.63, 3.8) is 0 Å². The van der Waals surface area contributed by atoms with Crippen LogP contribution in [0.5, 0.6) is 0 Å². The minimum atomic E-state index is 0.109. The summed E-state index contributed by atoms with van der Waals surface area (Å²) in [6.45, 7) is 2.01. The summed E-state index contributed by atoms with van der Waals surface area (Å²) in [5.74, 6) is 0. The summed E-state index contributed by atoms with van der Waals surface area (Å²) in [7, 11) is 1.93. The van der Waals surface area contributed by atoms with E-state index in [1.54, 1.807) is 0 Å². The highest BCUT2D eigenvalue weighted by molar-refractivity contribution is 5.21. The van der Waals surface area contributed by atoms with Gasteiger partial charge in [0.2, 0.25) is 0 Å². The molecular formula is C10H15N3O.